The zero-order chi connectivity index (χ0) is 21.8. The molecule has 1 atom stereocenters. The Bertz CT molecular complexity index is 1000. The molecule has 158 valence electrons. The topological polar surface area (TPSA) is 76.1 Å². The van der Waals surface area contributed by atoms with Gasteiger partial charge < -0.3 is 19.5 Å². The third kappa shape index (κ3) is 4.00. The molecule has 3 rings (SSSR count). The van der Waals surface area contributed by atoms with E-state index in [4.69, 9.17) is 21.1 Å². The summed E-state index contributed by atoms with van der Waals surface area (Å²) < 4.78 is 10.8. The number of methoxy groups -OCH3 is 1. The second-order valence-electron chi connectivity index (χ2n) is 6.85. The molecule has 1 aliphatic heterocycles. The summed E-state index contributed by atoms with van der Waals surface area (Å²) in [5.74, 6) is -0.634. The van der Waals surface area contributed by atoms with Gasteiger partial charge in [0, 0.05) is 12.1 Å². The first-order valence-electron chi connectivity index (χ1n) is 9.78. The number of aliphatic hydroxyl groups is 1. The minimum Gasteiger partial charge on any atom is -0.507 e. The van der Waals surface area contributed by atoms with Crippen LogP contribution in [-0.2, 0) is 9.59 Å². The van der Waals surface area contributed by atoms with Gasteiger partial charge in [-0.2, -0.15) is 0 Å². The molecule has 1 N–H and O–H groups in total. The summed E-state index contributed by atoms with van der Waals surface area (Å²) in [4.78, 5) is 27.2. The standard InChI is InChI=1S/C23H24ClNO5/c1-4-11-25-20(14-7-6-8-16(12-14)30-5-2)19(22(27)23(25)28)21(26)15-9-10-17(24)18(13-15)29-3/h6-10,12-13,20,26H,4-5,11H2,1-3H3/b21-19-. The molecule has 6 nitrogen and oxygen atoms in total. The van der Waals surface area contributed by atoms with Crippen LogP contribution in [0, 0.1) is 0 Å². The van der Waals surface area contributed by atoms with E-state index in [-0.39, 0.29) is 11.3 Å². The third-order valence-electron chi connectivity index (χ3n) is 4.91. The second-order valence-corrected chi connectivity index (χ2v) is 7.25. The highest BCUT2D eigenvalue weighted by Crippen LogP contribution is 2.41. The number of benzene rings is 2. The fourth-order valence-corrected chi connectivity index (χ4v) is 3.80. The summed E-state index contributed by atoms with van der Waals surface area (Å²) in [7, 11) is 1.46. The molecular formula is C23H24ClNO5. The van der Waals surface area contributed by atoms with Gasteiger partial charge in [0.1, 0.15) is 17.3 Å². The van der Waals surface area contributed by atoms with Gasteiger partial charge in [-0.3, -0.25) is 9.59 Å². The summed E-state index contributed by atoms with van der Waals surface area (Å²) in [5.41, 5.74) is 1.07. The Balaban J connectivity index is 2.19. The SMILES string of the molecule is CCCN1C(=O)C(=O)/C(=C(\O)c2ccc(Cl)c(OC)c2)C1c1cccc(OCC)c1. The summed E-state index contributed by atoms with van der Waals surface area (Å²) in [6.07, 6.45) is 0.670. The molecule has 0 aliphatic carbocycles. The fourth-order valence-electron chi connectivity index (χ4n) is 3.60. The molecule has 1 fully saturated rings. The Kier molecular flexibility index (Phi) is 6.67. The molecule has 1 amide bonds. The molecule has 0 bridgehead atoms. The molecular weight excluding hydrogens is 406 g/mol. The number of rotatable bonds is 7. The zero-order valence-corrected chi connectivity index (χ0v) is 17.9. The number of Topliss-reactive ketones (excluding diaryl/α,β-unsaturated/α-hetero) is 1. The number of hydrogen-bond acceptors (Lipinski definition) is 5. The smallest absolute Gasteiger partial charge is 0.295 e. The average Bonchev–Trinajstić information content (AvgIpc) is 2.99. The number of likely N-dealkylation sites (tertiary alicyclic amines) is 1. The summed E-state index contributed by atoms with van der Waals surface area (Å²) in [5, 5.41) is 11.4. The Morgan fingerprint density at radius 3 is 2.60 bits per heavy atom. The minimum absolute atomic E-state index is 0.0338. The van der Waals surface area contributed by atoms with Crippen LogP contribution in [0.4, 0.5) is 0 Å². The quantitative estimate of drug-likeness (QED) is 0.396. The molecule has 1 heterocycles. The van der Waals surface area contributed by atoms with Crippen molar-refractivity contribution in [3.63, 3.8) is 0 Å². The van der Waals surface area contributed by atoms with Crippen molar-refractivity contribution < 1.29 is 24.2 Å². The second kappa shape index (κ2) is 9.22. The van der Waals surface area contributed by atoms with E-state index in [1.165, 1.54) is 12.0 Å². The van der Waals surface area contributed by atoms with Crippen molar-refractivity contribution in [2.24, 2.45) is 0 Å². The van der Waals surface area contributed by atoms with Crippen LogP contribution >= 0.6 is 11.6 Å². The van der Waals surface area contributed by atoms with Gasteiger partial charge in [0.15, 0.2) is 0 Å². The number of halogens is 1. The van der Waals surface area contributed by atoms with Crippen LogP contribution in [0.5, 0.6) is 11.5 Å². The fraction of sp³-hybridized carbons (Fsp3) is 0.304. The number of hydrogen-bond donors (Lipinski definition) is 1. The van der Waals surface area contributed by atoms with Crippen LogP contribution in [0.25, 0.3) is 5.76 Å². The number of nitrogens with zero attached hydrogens (tertiary/aromatic N) is 1. The van der Waals surface area contributed by atoms with Crippen molar-refractivity contribution in [2.75, 3.05) is 20.3 Å². The van der Waals surface area contributed by atoms with E-state index in [1.807, 2.05) is 26.0 Å². The maximum Gasteiger partial charge on any atom is 0.295 e. The normalized spacial score (nSPS) is 18.0. The molecule has 1 saturated heterocycles. The average molecular weight is 430 g/mol. The predicted molar refractivity (Wildman–Crippen MR) is 115 cm³/mol. The van der Waals surface area contributed by atoms with Crippen molar-refractivity contribution in [2.45, 2.75) is 26.3 Å². The molecule has 0 saturated carbocycles. The van der Waals surface area contributed by atoms with Gasteiger partial charge >= 0.3 is 0 Å². The van der Waals surface area contributed by atoms with Crippen molar-refractivity contribution >= 4 is 29.1 Å². The first-order valence-corrected chi connectivity index (χ1v) is 10.2. The largest absolute Gasteiger partial charge is 0.507 e. The number of carbonyl (C=O) groups excluding carboxylic acids is 2. The lowest BCUT2D eigenvalue weighted by Crippen LogP contribution is -2.30. The predicted octanol–water partition coefficient (Wildman–Crippen LogP) is 4.58. The van der Waals surface area contributed by atoms with Crippen molar-refractivity contribution in [3.8, 4) is 11.5 Å². The number of amides is 1. The van der Waals surface area contributed by atoms with E-state index in [1.54, 1.807) is 30.3 Å². The summed E-state index contributed by atoms with van der Waals surface area (Å²) in [6, 6.07) is 11.2. The Labute approximate surface area is 180 Å². The molecule has 0 radical (unpaired) electrons. The van der Waals surface area contributed by atoms with E-state index in [0.717, 1.165) is 0 Å². The van der Waals surface area contributed by atoms with Crippen LogP contribution < -0.4 is 9.47 Å². The van der Waals surface area contributed by atoms with E-state index in [2.05, 4.69) is 0 Å². The lowest BCUT2D eigenvalue weighted by molar-refractivity contribution is -0.139. The maximum absolute atomic E-state index is 12.9. The van der Waals surface area contributed by atoms with Crippen LogP contribution in [-0.4, -0.2) is 42.0 Å². The van der Waals surface area contributed by atoms with Crippen molar-refractivity contribution in [1.29, 1.82) is 0 Å². The highest BCUT2D eigenvalue weighted by molar-refractivity contribution is 6.46. The van der Waals surface area contributed by atoms with Gasteiger partial charge in [-0.15, -0.1) is 0 Å². The minimum atomic E-state index is -0.721. The molecule has 0 spiro atoms. The van der Waals surface area contributed by atoms with E-state index in [0.29, 0.717) is 47.2 Å². The van der Waals surface area contributed by atoms with Gasteiger partial charge in [0.05, 0.1) is 30.4 Å². The van der Waals surface area contributed by atoms with Crippen molar-refractivity contribution in [3.05, 3.63) is 64.2 Å². The lowest BCUT2D eigenvalue weighted by Gasteiger charge is -2.25. The maximum atomic E-state index is 12.9. The number of aliphatic hydroxyl groups excluding tert-OH is 1. The third-order valence-corrected chi connectivity index (χ3v) is 5.23. The Morgan fingerprint density at radius 2 is 1.93 bits per heavy atom. The lowest BCUT2D eigenvalue weighted by atomic mass is 9.95. The first kappa shape index (κ1) is 21.7. The zero-order valence-electron chi connectivity index (χ0n) is 17.1. The number of carbonyl (C=O) groups is 2. The molecule has 1 unspecified atom stereocenters. The van der Waals surface area contributed by atoms with Crippen molar-refractivity contribution in [1.82, 2.24) is 4.90 Å². The van der Waals surface area contributed by atoms with E-state index >= 15 is 0 Å². The van der Waals surface area contributed by atoms with Gasteiger partial charge in [-0.1, -0.05) is 30.7 Å². The van der Waals surface area contributed by atoms with Crippen LogP contribution in [0.1, 0.15) is 37.4 Å². The molecule has 30 heavy (non-hydrogen) atoms. The van der Waals surface area contributed by atoms with Gasteiger partial charge in [-0.25, -0.2) is 0 Å². The molecule has 7 heteroatoms. The number of ketones is 1. The van der Waals surface area contributed by atoms with Gasteiger partial charge in [-0.05, 0) is 49.2 Å². The highest BCUT2D eigenvalue weighted by Gasteiger charge is 2.45. The van der Waals surface area contributed by atoms with E-state index in [9.17, 15) is 14.7 Å². The molecule has 2 aromatic rings. The van der Waals surface area contributed by atoms with E-state index < -0.39 is 17.7 Å². The summed E-state index contributed by atoms with van der Waals surface area (Å²) >= 11 is 6.08. The number of ether oxygens (including phenoxy) is 2. The first-order chi connectivity index (χ1) is 14.4. The Hall–Kier alpha value is -2.99. The molecule has 0 aromatic heterocycles. The van der Waals surface area contributed by atoms with Crippen LogP contribution in [0.15, 0.2) is 48.0 Å². The molecule has 2 aromatic carbocycles. The van der Waals surface area contributed by atoms with Gasteiger partial charge in [0.2, 0.25) is 0 Å². The highest BCUT2D eigenvalue weighted by atomic mass is 35.5. The van der Waals surface area contributed by atoms with Crippen LogP contribution in [0.3, 0.4) is 0 Å². The summed E-state index contributed by atoms with van der Waals surface area (Å²) in [6.45, 7) is 4.68. The Morgan fingerprint density at radius 1 is 1.17 bits per heavy atom. The van der Waals surface area contributed by atoms with Gasteiger partial charge in [0.25, 0.3) is 11.7 Å². The molecule has 1 aliphatic rings. The van der Waals surface area contributed by atoms with Crippen LogP contribution in [0.2, 0.25) is 5.02 Å². The monoisotopic (exact) mass is 429 g/mol.